The summed E-state index contributed by atoms with van der Waals surface area (Å²) in [7, 11) is -0.145. The third-order valence-electron chi connectivity index (χ3n) is 6.42. The van der Waals surface area contributed by atoms with Crippen molar-refractivity contribution in [2.24, 2.45) is 4.99 Å². The van der Waals surface area contributed by atoms with E-state index in [0.29, 0.717) is 13.0 Å². The van der Waals surface area contributed by atoms with Gasteiger partial charge in [-0.15, -0.1) is 0 Å². The van der Waals surface area contributed by atoms with Crippen LogP contribution < -0.4 is 0 Å². The standard InChI is InChI=1S/C29H37N4O3P.CH4O/c1-7-31-19-34-37(33(20(2)3)21(4)5)36-28-18-29(35-22(28)6)32-26-13-9-8-12-24(26)25-17-23(11-10-16-30)14-15-27(25)32;1-2/h8-15,17,19-22,28-29H,7,18H2,1-6H3;2H,1H3/b11-10+,31-19?;/t22-,28?,29-,37?;/m1./s1/i6D;2T. The molecule has 1 aliphatic rings. The topological polar surface area (TPSA) is 92.2 Å². The molecule has 8 nitrogen and oxygen atoms in total. The SMILES string of the molecule is [2H]C[C@H]1O[C@@H](n2c3ccccc3c3cc(/C=C/C#N)ccc32)CC1OP(OC=NCC)N(C(C)C)C(C)C.[3H]OC. The van der Waals surface area contributed by atoms with Crippen LogP contribution in [-0.4, -0.2) is 60.1 Å². The molecule has 0 saturated carbocycles. The average Bonchev–Trinajstić information content (AvgIpc) is 3.49. The molecule has 9 heteroatoms. The Balaban J connectivity index is 0.00000147. The predicted molar refractivity (Wildman–Crippen MR) is 160 cm³/mol. The van der Waals surface area contributed by atoms with Gasteiger partial charge >= 0.3 is 8.53 Å². The second-order valence-electron chi connectivity index (χ2n) is 9.65. The molecule has 1 aliphatic heterocycles. The minimum absolute atomic E-state index is 0.0942. The molecule has 1 saturated heterocycles. The van der Waals surface area contributed by atoms with Crippen LogP contribution >= 0.6 is 8.53 Å². The van der Waals surface area contributed by atoms with Crippen molar-refractivity contribution < 1.29 is 20.3 Å². The van der Waals surface area contributed by atoms with E-state index in [9.17, 15) is 0 Å². The van der Waals surface area contributed by atoms with Crippen molar-refractivity contribution in [3.8, 4) is 6.07 Å². The van der Waals surface area contributed by atoms with Gasteiger partial charge in [-0.05, 0) is 71.4 Å². The second-order valence-corrected chi connectivity index (χ2v) is 11.0. The fourth-order valence-electron chi connectivity index (χ4n) is 4.91. The van der Waals surface area contributed by atoms with Gasteiger partial charge in [-0.3, -0.25) is 4.99 Å². The molecule has 4 rings (SSSR count). The van der Waals surface area contributed by atoms with Crippen LogP contribution in [0.5, 0.6) is 0 Å². The van der Waals surface area contributed by atoms with Crippen LogP contribution in [0.2, 0.25) is 0 Å². The van der Waals surface area contributed by atoms with E-state index in [4.69, 9.17) is 21.8 Å². The van der Waals surface area contributed by atoms with Crippen LogP contribution in [0.15, 0.2) is 53.5 Å². The molecule has 1 fully saturated rings. The van der Waals surface area contributed by atoms with Crippen LogP contribution in [0.1, 0.15) is 61.1 Å². The van der Waals surface area contributed by atoms with Crippen molar-refractivity contribution >= 4 is 42.8 Å². The number of benzene rings is 2. The van der Waals surface area contributed by atoms with Crippen LogP contribution in [-0.2, 0) is 13.8 Å². The largest absolute Gasteiger partial charge is 0.425 e. The average molecular weight is 556 g/mol. The minimum Gasteiger partial charge on any atom is -0.425 e. The zero-order valence-electron chi connectivity index (χ0n) is 25.7. The summed E-state index contributed by atoms with van der Waals surface area (Å²) in [6.45, 7) is 11.2. The number of ether oxygens (including phenoxy) is 1. The highest BCUT2D eigenvalue weighted by atomic mass is 31.2. The number of aliphatic hydroxyl groups is 1. The smallest absolute Gasteiger partial charge is 0.322 e. The maximum Gasteiger partial charge on any atom is 0.322 e. The number of nitrogens with zero attached hydrogens (tertiary/aromatic N) is 4. The van der Waals surface area contributed by atoms with Crippen LogP contribution in [0.25, 0.3) is 27.9 Å². The van der Waals surface area contributed by atoms with Gasteiger partial charge in [-0.25, -0.2) is 4.67 Å². The highest BCUT2D eigenvalue weighted by Gasteiger charge is 2.40. The van der Waals surface area contributed by atoms with Crippen molar-refractivity contribution in [2.75, 3.05) is 13.7 Å². The number of rotatable bonds is 10. The Morgan fingerprint density at radius 3 is 2.67 bits per heavy atom. The lowest BCUT2D eigenvalue weighted by Crippen LogP contribution is -2.35. The molecule has 4 atom stereocenters. The molecule has 0 radical (unpaired) electrons. The van der Waals surface area contributed by atoms with Crippen LogP contribution in [0.3, 0.4) is 0 Å². The molecular formula is C30H41N4O4P. The molecule has 0 amide bonds. The lowest BCUT2D eigenvalue weighted by atomic mass is 10.1. The summed E-state index contributed by atoms with van der Waals surface area (Å²) in [4.78, 5) is 4.24. The van der Waals surface area contributed by atoms with E-state index >= 15 is 0 Å². The Labute approximate surface area is 236 Å². The van der Waals surface area contributed by atoms with Gasteiger partial charge < -0.3 is 23.5 Å². The van der Waals surface area contributed by atoms with E-state index in [1.807, 2.05) is 31.2 Å². The van der Waals surface area contributed by atoms with Gasteiger partial charge in [-0.2, -0.15) is 5.26 Å². The Hall–Kier alpha value is -2.79. The maximum atomic E-state index is 8.95. The van der Waals surface area contributed by atoms with Crippen LogP contribution in [0.4, 0.5) is 0 Å². The summed E-state index contributed by atoms with van der Waals surface area (Å²) < 4.78 is 37.6. The number of fused-ring (bicyclic) bond motifs is 3. The summed E-state index contributed by atoms with van der Waals surface area (Å²) in [5, 5.41) is 14.7. The molecule has 1 aromatic heterocycles. The van der Waals surface area contributed by atoms with Crippen molar-refractivity contribution in [1.82, 2.24) is 9.24 Å². The molecule has 2 heterocycles. The molecule has 2 aromatic carbocycles. The summed E-state index contributed by atoms with van der Waals surface area (Å²) in [6.07, 6.45) is 4.44. The fraction of sp³-hybridized carbons (Fsp3) is 0.467. The van der Waals surface area contributed by atoms with E-state index in [-0.39, 0.29) is 37.4 Å². The zero-order valence-corrected chi connectivity index (χ0v) is 24.5. The van der Waals surface area contributed by atoms with E-state index < -0.39 is 8.53 Å². The minimum atomic E-state index is -1.44. The van der Waals surface area contributed by atoms with Crippen molar-refractivity contribution in [1.29, 1.82) is 6.69 Å². The van der Waals surface area contributed by atoms with Gasteiger partial charge in [0.2, 0.25) is 1.43 Å². The number of aromatic nitrogens is 1. The van der Waals surface area contributed by atoms with Crippen LogP contribution in [0, 0.1) is 11.3 Å². The first-order valence-corrected chi connectivity index (χ1v) is 14.4. The van der Waals surface area contributed by atoms with E-state index in [2.05, 4.69) is 77.4 Å². The van der Waals surface area contributed by atoms with Crippen molar-refractivity contribution in [3.05, 3.63) is 54.1 Å². The first-order chi connectivity index (χ1) is 19.8. The molecule has 39 heavy (non-hydrogen) atoms. The Morgan fingerprint density at radius 2 is 2.00 bits per heavy atom. The lowest BCUT2D eigenvalue weighted by Gasteiger charge is -2.36. The molecule has 1 N–H and O–H groups in total. The third kappa shape index (κ3) is 7.05. The lowest BCUT2D eigenvalue weighted by molar-refractivity contribution is -0.00149. The van der Waals surface area contributed by atoms with Gasteiger partial charge in [0.05, 0.1) is 29.3 Å². The van der Waals surface area contributed by atoms with Gasteiger partial charge in [0.15, 0.2) is 6.40 Å². The highest BCUT2D eigenvalue weighted by Crippen LogP contribution is 2.50. The Kier molecular flexibility index (Phi) is 10.4. The number of hydrogen-bond donors (Lipinski definition) is 1. The monoisotopic (exact) mass is 555 g/mol. The van der Waals surface area contributed by atoms with E-state index in [1.54, 1.807) is 0 Å². The summed E-state index contributed by atoms with van der Waals surface area (Å²) >= 11 is 0. The van der Waals surface area contributed by atoms with Crippen molar-refractivity contribution in [3.63, 3.8) is 0 Å². The van der Waals surface area contributed by atoms with Gasteiger partial charge in [0.1, 0.15) is 6.23 Å². The number of allylic oxidation sites excluding steroid dienone is 1. The summed E-state index contributed by atoms with van der Waals surface area (Å²) in [6, 6.07) is 17.0. The predicted octanol–water partition coefficient (Wildman–Crippen LogP) is 7.04. The van der Waals surface area contributed by atoms with Gasteiger partial charge in [0, 0.05) is 50.4 Å². The Bertz CT molecular complexity index is 1350. The first kappa shape index (κ1) is 27.8. The van der Waals surface area contributed by atoms with Crippen molar-refractivity contribution in [2.45, 2.75) is 78.5 Å². The normalized spacial score (nSPS) is 21.1. The quantitative estimate of drug-likeness (QED) is 0.125. The zero-order chi connectivity index (χ0) is 29.9. The number of hydrogen-bond acceptors (Lipinski definition) is 7. The molecule has 2 unspecified atom stereocenters. The molecule has 210 valence electrons. The molecule has 0 aliphatic carbocycles. The Morgan fingerprint density at radius 1 is 1.28 bits per heavy atom. The first-order valence-electron chi connectivity index (χ1n) is 14.4. The third-order valence-corrected chi connectivity index (χ3v) is 8.45. The maximum absolute atomic E-state index is 8.95. The van der Waals surface area contributed by atoms with E-state index in [0.717, 1.165) is 27.4 Å². The molecule has 0 spiro atoms. The van der Waals surface area contributed by atoms with Gasteiger partial charge in [0.25, 0.3) is 0 Å². The molecule has 0 bridgehead atoms. The molecule has 3 aromatic rings. The molecular weight excluding hydrogens is 511 g/mol. The number of nitriles is 1. The summed E-state index contributed by atoms with van der Waals surface area (Å²) in [5.41, 5.74) is 3.09. The highest BCUT2D eigenvalue weighted by molar-refractivity contribution is 7.45. The van der Waals surface area contributed by atoms with Gasteiger partial charge in [-0.1, -0.05) is 24.3 Å². The number of aliphatic hydroxyl groups excluding tert-OH is 1. The number of aliphatic imine (C=N–C) groups is 1. The second kappa shape index (κ2) is 14.6. The fourth-order valence-corrected chi connectivity index (χ4v) is 6.53. The number of para-hydroxylation sites is 1. The summed E-state index contributed by atoms with van der Waals surface area (Å²) in [5.74, 6) is 0. The van der Waals surface area contributed by atoms with E-state index in [1.165, 1.54) is 19.6 Å².